The molecule has 3 nitrogen and oxygen atoms in total. The van der Waals surface area contributed by atoms with E-state index in [0.29, 0.717) is 0 Å². The van der Waals surface area contributed by atoms with Crippen molar-refractivity contribution >= 4 is 6.03 Å². The van der Waals surface area contributed by atoms with Crippen LogP contribution in [0, 0.1) is 0 Å². The van der Waals surface area contributed by atoms with Gasteiger partial charge in [0.2, 0.25) is 0 Å². The molecule has 0 heterocycles. The number of halogens is 4. The van der Waals surface area contributed by atoms with Crippen LogP contribution in [0.1, 0.15) is 0 Å². The van der Waals surface area contributed by atoms with Gasteiger partial charge in [-0.05, 0) is 0 Å². The van der Waals surface area contributed by atoms with E-state index in [0.717, 1.165) is 0 Å². The number of urea groups is 1. The van der Waals surface area contributed by atoms with Crippen molar-refractivity contribution in [3.8, 4) is 0 Å². The normalized spacial score (nSPS) is 2.67. The third kappa shape index (κ3) is 356. The van der Waals surface area contributed by atoms with E-state index < -0.39 is 6.03 Å². The Bertz CT molecular complexity index is 41.5. The first kappa shape index (κ1) is 49.4. The molecule has 0 saturated heterocycles. The van der Waals surface area contributed by atoms with Crippen molar-refractivity contribution < 1.29 is 76.1 Å². The van der Waals surface area contributed by atoms with Crippen LogP contribution in [0.4, 0.5) is 4.79 Å². The Morgan fingerprint density at radius 3 is 0.889 bits per heavy atom. The van der Waals surface area contributed by atoms with Crippen LogP contribution in [0.5, 0.6) is 0 Å². The summed E-state index contributed by atoms with van der Waals surface area (Å²) in [7, 11) is 0. The first-order valence-corrected chi connectivity index (χ1v) is 0.781. The first-order chi connectivity index (χ1) is 1.73. The van der Waals surface area contributed by atoms with Gasteiger partial charge in [0.05, 0.1) is 0 Å². The van der Waals surface area contributed by atoms with Crippen molar-refractivity contribution in [1.82, 2.24) is 0 Å². The van der Waals surface area contributed by atoms with E-state index in [4.69, 9.17) is 4.79 Å². The molecule has 58 valence electrons. The molecule has 0 aliphatic rings. The van der Waals surface area contributed by atoms with Crippen molar-refractivity contribution in [2.24, 2.45) is 11.5 Å². The summed E-state index contributed by atoms with van der Waals surface area (Å²) in [6, 6.07) is -0.833. The molecule has 0 aromatic carbocycles. The molecule has 0 rings (SSSR count). The van der Waals surface area contributed by atoms with Gasteiger partial charge in [-0.25, -0.2) is 4.79 Å². The Hall–Kier alpha value is 1.14. The van der Waals surface area contributed by atoms with Gasteiger partial charge in [-0.1, -0.05) is 0 Å². The van der Waals surface area contributed by atoms with Gasteiger partial charge >= 0.3 is 27.7 Å². The molecule has 0 aliphatic carbocycles. The maximum Gasteiger partial charge on any atom is 2.00 e. The van der Waals surface area contributed by atoms with Gasteiger partial charge in [0.25, 0.3) is 0 Å². The minimum Gasteiger partial charge on any atom is -1.00 e. The number of carbonyl (C=O) groups excluding carboxylic acids is 1. The third-order valence-corrected chi connectivity index (χ3v) is 0. The fraction of sp³-hybridized carbons (Fsp3) is 0. The smallest absolute Gasteiger partial charge is 1.00 e. The van der Waals surface area contributed by atoms with Crippen LogP contribution in [0.25, 0.3) is 0 Å². The number of nitrogens with two attached hydrogens (primary N) is 2. The van der Waals surface area contributed by atoms with Crippen LogP contribution in [0.15, 0.2) is 0 Å². The molecule has 0 atom stereocenters. The monoisotopic (exact) mass is 248 g/mol. The molecule has 8 heteroatoms. The minimum atomic E-state index is -0.833. The molecule has 0 spiro atoms. The van der Waals surface area contributed by atoms with E-state index in [1.165, 1.54) is 0 Å². The van der Waals surface area contributed by atoms with Crippen LogP contribution >= 0.6 is 0 Å². The maximum absolute atomic E-state index is 9.00. The molecule has 4 N–H and O–H groups in total. The Kier molecular flexibility index (Phi) is 194. The van der Waals surface area contributed by atoms with Gasteiger partial charge in [0, 0.05) is 0 Å². The van der Waals surface area contributed by atoms with Crippen LogP contribution in [0.2, 0.25) is 0 Å². The predicted octanol–water partition coefficient (Wildman–Crippen LogP) is -13.0. The van der Waals surface area contributed by atoms with Crippen LogP contribution in [0.3, 0.4) is 0 Å². The quantitative estimate of drug-likeness (QED) is 0.412. The number of hydrogen-bond acceptors (Lipinski definition) is 1. The van der Waals surface area contributed by atoms with Gasteiger partial charge in [-0.2, -0.15) is 0 Å². The summed E-state index contributed by atoms with van der Waals surface area (Å²) in [5.41, 5.74) is 8.50. The van der Waals surface area contributed by atoms with Crippen molar-refractivity contribution in [2.75, 3.05) is 0 Å². The minimum absolute atomic E-state index is 0. The van der Waals surface area contributed by atoms with E-state index in [1.807, 2.05) is 0 Å². The molecule has 2 amide bonds. The Labute approximate surface area is 93.2 Å². The zero-order valence-corrected chi connectivity index (χ0v) is 8.66. The van der Waals surface area contributed by atoms with Crippen molar-refractivity contribution in [2.45, 2.75) is 0 Å². The topological polar surface area (TPSA) is 69.1 Å². The fourth-order valence-corrected chi connectivity index (χ4v) is 0. The molecule has 0 unspecified atom stereocenters. The van der Waals surface area contributed by atoms with Gasteiger partial charge in [0.15, 0.2) is 0 Å². The zero-order valence-electron chi connectivity index (χ0n) is 4.07. The third-order valence-electron chi connectivity index (χ3n) is 0. The molecule has 9 heavy (non-hydrogen) atoms. The van der Waals surface area contributed by atoms with Gasteiger partial charge < -0.3 is 61.1 Å². The second-order valence-corrected chi connectivity index (χ2v) is 0.402. The Morgan fingerprint density at radius 2 is 0.889 bits per heavy atom. The van der Waals surface area contributed by atoms with Crippen molar-refractivity contribution in [3.05, 3.63) is 0 Å². The summed E-state index contributed by atoms with van der Waals surface area (Å²) in [5.74, 6) is 0. The summed E-state index contributed by atoms with van der Waals surface area (Å²) in [6.07, 6.45) is 0. The van der Waals surface area contributed by atoms with E-state index in [1.54, 1.807) is 0 Å². The average molecular weight is 250 g/mol. The Balaban J connectivity index is -0.00000000450. The SMILES string of the molecule is NC(N)=O.[Cl-].[Cl-].[Cl-].[Cl-].[Ti+2]. The van der Waals surface area contributed by atoms with Crippen LogP contribution in [-0.2, 0) is 21.7 Å². The molecule has 0 aliphatic heterocycles. The molecular weight excluding hydrogens is 246 g/mol. The summed E-state index contributed by atoms with van der Waals surface area (Å²) >= 11 is 0. The Morgan fingerprint density at radius 1 is 0.889 bits per heavy atom. The standard InChI is InChI=1S/CH4N2O.4ClH.Ti/c2-1(3)4;;;;;/h(H4,2,3,4);4*1H;/q;;;;;+2/p-4. The number of carbonyl (C=O) groups is 1. The predicted molar refractivity (Wildman–Crippen MR) is 13.8 cm³/mol. The van der Waals surface area contributed by atoms with Crippen molar-refractivity contribution in [1.29, 1.82) is 0 Å². The molecule has 0 radical (unpaired) electrons. The molecule has 0 aromatic rings. The van der Waals surface area contributed by atoms with E-state index in [2.05, 4.69) is 11.5 Å². The van der Waals surface area contributed by atoms with E-state index in [-0.39, 0.29) is 71.3 Å². The number of primary amides is 2. The molecule has 0 bridgehead atoms. The van der Waals surface area contributed by atoms with E-state index in [9.17, 15) is 0 Å². The van der Waals surface area contributed by atoms with Gasteiger partial charge in [-0.15, -0.1) is 0 Å². The summed E-state index contributed by atoms with van der Waals surface area (Å²) in [5, 5.41) is 0. The van der Waals surface area contributed by atoms with Crippen molar-refractivity contribution in [3.63, 3.8) is 0 Å². The summed E-state index contributed by atoms with van der Waals surface area (Å²) in [4.78, 5) is 9.00. The van der Waals surface area contributed by atoms with Crippen LogP contribution in [-0.4, -0.2) is 6.03 Å². The molecule has 0 aromatic heterocycles. The first-order valence-electron chi connectivity index (χ1n) is 0.781. The molecule has 0 fully saturated rings. The second-order valence-electron chi connectivity index (χ2n) is 0.402. The summed E-state index contributed by atoms with van der Waals surface area (Å²) < 4.78 is 0. The zero-order chi connectivity index (χ0) is 3.58. The fourth-order valence-electron chi connectivity index (χ4n) is 0. The van der Waals surface area contributed by atoms with Gasteiger partial charge in [0.1, 0.15) is 0 Å². The number of amides is 2. The number of rotatable bonds is 0. The number of hydrogen-bond donors (Lipinski definition) is 2. The van der Waals surface area contributed by atoms with Crippen LogP contribution < -0.4 is 61.1 Å². The largest absolute Gasteiger partial charge is 2.00 e. The van der Waals surface area contributed by atoms with Gasteiger partial charge in [-0.3, -0.25) is 0 Å². The molecular formula is CH4Cl4N2OTi-2. The maximum atomic E-state index is 9.00. The average Bonchev–Trinajstić information content (AvgIpc) is 0.811. The van der Waals surface area contributed by atoms with E-state index >= 15 is 0 Å². The summed E-state index contributed by atoms with van der Waals surface area (Å²) in [6.45, 7) is 0. The molecule has 0 saturated carbocycles. The second kappa shape index (κ2) is 35.3.